The molecular weight excluding hydrogens is 921 g/mol. The molecule has 69 heavy (non-hydrogen) atoms. The fraction of sp³-hybridized carbons (Fsp3) is 0.442. The lowest BCUT2D eigenvalue weighted by atomic mass is 9.80. The molecule has 0 spiro atoms. The summed E-state index contributed by atoms with van der Waals surface area (Å²) >= 11 is 0. The highest BCUT2D eigenvalue weighted by Crippen LogP contribution is 2.49. The zero-order chi connectivity index (χ0) is 51.1. The maximum Gasteiger partial charge on any atom is 0.307 e. The summed E-state index contributed by atoms with van der Waals surface area (Å²) in [6, 6.07) is 16.4. The molecule has 0 fully saturated rings. The summed E-state index contributed by atoms with van der Waals surface area (Å²) in [4.78, 5) is 26.1. The number of allylic oxidation sites excluding steroid dienone is 7. The number of carboxylic acid groups (broad SMARTS) is 2. The highest BCUT2D eigenvalue weighted by Gasteiger charge is 2.46. The van der Waals surface area contributed by atoms with Gasteiger partial charge in [0.2, 0.25) is 5.69 Å². The number of anilines is 1. The van der Waals surface area contributed by atoms with E-state index in [-0.39, 0.29) is 29.1 Å². The van der Waals surface area contributed by atoms with E-state index in [1.165, 1.54) is 24.3 Å². The average molecular weight is 990 g/mol. The van der Waals surface area contributed by atoms with Crippen LogP contribution in [0.2, 0.25) is 0 Å². The van der Waals surface area contributed by atoms with Crippen LogP contribution >= 0.6 is 0 Å². The second-order valence-corrected chi connectivity index (χ2v) is 24.3. The number of hydrogen-bond donors (Lipinski definition) is 4. The van der Waals surface area contributed by atoms with Gasteiger partial charge in [-0.15, -0.1) is 0 Å². The number of carbonyl (C=O) groups is 2. The van der Waals surface area contributed by atoms with E-state index in [4.69, 9.17) is 4.74 Å². The lowest BCUT2D eigenvalue weighted by Crippen LogP contribution is -2.37. The number of rotatable bonds is 19. The van der Waals surface area contributed by atoms with E-state index in [1.54, 1.807) is 36.4 Å². The van der Waals surface area contributed by atoms with Gasteiger partial charge < -0.3 is 28.8 Å². The van der Waals surface area contributed by atoms with Crippen LogP contribution in [0.5, 0.6) is 5.75 Å². The third-order valence-corrected chi connectivity index (χ3v) is 15.0. The largest absolute Gasteiger partial charge is 0.481 e. The molecule has 3 aromatic rings. The standard InChI is InChI=1S/C52H66N4O11S2/c1-51(2)42-33-40(68(61,62)63)20-22-44(42)53(27-11-29-55(5,6)7)46(51)24-16-36-31-38(50(59)60)32-37(49(36)67-39-18-13-35(14-19-39)15-26-48(57)58)17-25-47-52(3,4)43-34-41(69(64,65)66)21-23-45(43)54(47)28-12-30-56(8,9)10/h13-14,16-25,33-34,38H,11-12,15,26-32H2,1-10H3,(H-3,57,58,59,60,61,62,63,64,65,66)/p+3. The second kappa shape index (κ2) is 19.8. The quantitative estimate of drug-likeness (QED) is 0.0518. The first kappa shape index (κ1) is 52.9. The molecular formula is C52H69N4O11S2+3. The van der Waals surface area contributed by atoms with Gasteiger partial charge in [0.15, 0.2) is 12.3 Å². The number of benzene rings is 3. The molecule has 0 radical (unpaired) electrons. The van der Waals surface area contributed by atoms with Crippen LogP contribution in [0.25, 0.3) is 0 Å². The first-order chi connectivity index (χ1) is 31.9. The van der Waals surface area contributed by atoms with Gasteiger partial charge >= 0.3 is 11.9 Å². The van der Waals surface area contributed by atoms with Gasteiger partial charge in [-0.2, -0.15) is 21.4 Å². The van der Waals surface area contributed by atoms with Gasteiger partial charge in [0.1, 0.15) is 11.5 Å². The maximum atomic E-state index is 13.1. The van der Waals surface area contributed by atoms with Crippen molar-refractivity contribution in [1.82, 2.24) is 0 Å². The molecule has 372 valence electrons. The Morgan fingerprint density at radius 2 is 1.36 bits per heavy atom. The molecule has 0 saturated carbocycles. The number of aryl methyl sites for hydroxylation is 1. The van der Waals surface area contributed by atoms with Crippen molar-refractivity contribution in [2.45, 2.75) is 86.8 Å². The van der Waals surface area contributed by atoms with E-state index in [0.717, 1.165) is 63.2 Å². The van der Waals surface area contributed by atoms with Crippen LogP contribution in [0, 0.1) is 5.92 Å². The number of aliphatic carboxylic acids is 2. The molecule has 1 unspecified atom stereocenters. The van der Waals surface area contributed by atoms with Crippen molar-refractivity contribution in [1.29, 1.82) is 0 Å². The first-order valence-corrected chi connectivity index (χ1v) is 26.1. The smallest absolute Gasteiger partial charge is 0.307 e. The molecule has 6 rings (SSSR count). The molecule has 0 bridgehead atoms. The zero-order valence-electron chi connectivity index (χ0n) is 41.5. The van der Waals surface area contributed by atoms with Crippen molar-refractivity contribution < 1.29 is 64.0 Å². The van der Waals surface area contributed by atoms with E-state index in [1.807, 2.05) is 52.0 Å². The number of nitrogens with zero attached hydrogens (tertiary/aromatic N) is 4. The van der Waals surface area contributed by atoms with Gasteiger partial charge in [-0.05, 0) is 110 Å². The number of hydrogen-bond acceptors (Lipinski definition) is 8. The summed E-state index contributed by atoms with van der Waals surface area (Å²) in [6.07, 6.45) is 9.78. The molecule has 3 aromatic carbocycles. The molecule has 0 amide bonds. The average Bonchev–Trinajstić information content (AvgIpc) is 3.57. The van der Waals surface area contributed by atoms with Crippen molar-refractivity contribution in [3.63, 3.8) is 0 Å². The Kier molecular flexibility index (Phi) is 15.2. The Labute approximate surface area is 407 Å². The SMILES string of the molecule is CC1(C)C(/C=C/C2=C(Oc3ccc(CCC(=O)O)cc3)C(=C/C=C3/N(CCC[N+](C)(C)C)c4ccc(S(=O)(=O)O)cc4C3(C)C)/CC(C(=O)O)C2)=[N+](CCC[N+](C)(C)C)c2ccc(S(=O)(=O)O)cc21. The van der Waals surface area contributed by atoms with Gasteiger partial charge in [0, 0.05) is 53.9 Å². The van der Waals surface area contributed by atoms with E-state index in [9.17, 15) is 45.7 Å². The summed E-state index contributed by atoms with van der Waals surface area (Å²) in [6.45, 7) is 10.8. The predicted molar refractivity (Wildman–Crippen MR) is 266 cm³/mol. The Balaban J connectivity index is 1.54. The van der Waals surface area contributed by atoms with Crippen molar-refractivity contribution >= 4 is 49.3 Å². The zero-order valence-corrected chi connectivity index (χ0v) is 43.1. The highest BCUT2D eigenvalue weighted by molar-refractivity contribution is 7.86. The van der Waals surface area contributed by atoms with Gasteiger partial charge in [-0.25, -0.2) is 0 Å². The topological polar surface area (TPSA) is 199 Å². The monoisotopic (exact) mass is 989 g/mol. The summed E-state index contributed by atoms with van der Waals surface area (Å²) < 4.78 is 80.0. The van der Waals surface area contributed by atoms with Gasteiger partial charge in [0.25, 0.3) is 20.2 Å². The molecule has 15 nitrogen and oxygen atoms in total. The number of ether oxygens (including phenoxy) is 1. The summed E-state index contributed by atoms with van der Waals surface area (Å²) in [5.74, 6) is -1.85. The van der Waals surface area contributed by atoms with Gasteiger partial charge in [-0.3, -0.25) is 18.7 Å². The van der Waals surface area contributed by atoms with Crippen molar-refractivity contribution in [2.75, 3.05) is 73.4 Å². The first-order valence-electron chi connectivity index (χ1n) is 23.2. The third kappa shape index (κ3) is 12.5. The minimum absolute atomic E-state index is 0.0371. The fourth-order valence-electron chi connectivity index (χ4n) is 9.56. The van der Waals surface area contributed by atoms with Crippen LogP contribution in [0.3, 0.4) is 0 Å². The molecule has 2 aliphatic heterocycles. The molecule has 17 heteroatoms. The summed E-state index contributed by atoms with van der Waals surface area (Å²) in [5.41, 5.74) is 5.20. The van der Waals surface area contributed by atoms with Crippen LogP contribution in [0.1, 0.15) is 76.5 Å². The summed E-state index contributed by atoms with van der Waals surface area (Å²) in [5, 5.41) is 20.0. The highest BCUT2D eigenvalue weighted by atomic mass is 32.2. The number of carboxylic acids is 2. The van der Waals surface area contributed by atoms with Crippen LogP contribution in [0.15, 0.2) is 117 Å². The van der Waals surface area contributed by atoms with E-state index in [0.29, 0.717) is 53.3 Å². The van der Waals surface area contributed by atoms with Gasteiger partial charge in [-0.1, -0.05) is 32.1 Å². The molecule has 2 heterocycles. The second-order valence-electron chi connectivity index (χ2n) is 21.5. The number of fused-ring (bicyclic) bond motifs is 2. The Bertz CT molecular complexity index is 2900. The molecule has 1 atom stereocenters. The minimum Gasteiger partial charge on any atom is -0.481 e. The fourth-order valence-corrected chi connectivity index (χ4v) is 10.6. The van der Waals surface area contributed by atoms with E-state index >= 15 is 0 Å². The lowest BCUT2D eigenvalue weighted by molar-refractivity contribution is -0.871. The van der Waals surface area contributed by atoms with Crippen molar-refractivity contribution in [2.24, 2.45) is 5.92 Å². The third-order valence-electron chi connectivity index (χ3n) is 13.3. The molecule has 3 aliphatic rings. The molecule has 1 aliphatic carbocycles. The molecule has 0 saturated heterocycles. The lowest BCUT2D eigenvalue weighted by Gasteiger charge is -2.30. The van der Waals surface area contributed by atoms with Crippen LogP contribution in [-0.4, -0.2) is 136 Å². The van der Waals surface area contributed by atoms with Crippen molar-refractivity contribution in [3.05, 3.63) is 124 Å². The molecule has 4 N–H and O–H groups in total. The van der Waals surface area contributed by atoms with Crippen molar-refractivity contribution in [3.8, 4) is 5.75 Å². The predicted octanol–water partition coefficient (Wildman–Crippen LogP) is 7.76. The molecule has 0 aromatic heterocycles. The van der Waals surface area contributed by atoms with Gasteiger partial charge in [0.05, 0.1) is 82.9 Å². The van der Waals surface area contributed by atoms with Crippen LogP contribution in [0.4, 0.5) is 11.4 Å². The Morgan fingerprint density at radius 3 is 1.94 bits per heavy atom. The van der Waals surface area contributed by atoms with Crippen LogP contribution in [-0.2, 0) is 47.1 Å². The minimum atomic E-state index is -4.50. The maximum absolute atomic E-state index is 13.1. The van der Waals surface area contributed by atoms with E-state index in [2.05, 4.69) is 51.8 Å². The van der Waals surface area contributed by atoms with Crippen LogP contribution < -0.4 is 9.64 Å². The summed E-state index contributed by atoms with van der Waals surface area (Å²) in [7, 11) is 3.67. The Hall–Kier alpha value is -5.43. The Morgan fingerprint density at radius 1 is 0.768 bits per heavy atom. The normalized spacial score (nSPS) is 19.5. The van der Waals surface area contributed by atoms with E-state index < -0.39 is 48.9 Å². The number of quaternary nitrogens is 2.